The third-order valence-electron chi connectivity index (χ3n) is 3.86. The van der Waals surface area contributed by atoms with Gasteiger partial charge in [-0.2, -0.15) is 18.2 Å². The van der Waals surface area contributed by atoms with Crippen LogP contribution in [0, 0.1) is 5.82 Å². The minimum atomic E-state index is -4.92. The van der Waals surface area contributed by atoms with Crippen LogP contribution >= 0.6 is 0 Å². The van der Waals surface area contributed by atoms with Crippen molar-refractivity contribution in [1.82, 2.24) is 19.9 Å². The minimum Gasteiger partial charge on any atom is -0.366 e. The first-order valence-electron chi connectivity index (χ1n) is 7.91. The zero-order valence-electron chi connectivity index (χ0n) is 14.7. The smallest absolute Gasteiger partial charge is 0.366 e. The fourth-order valence-corrected chi connectivity index (χ4v) is 3.38. The van der Waals surface area contributed by atoms with Crippen molar-refractivity contribution in [3.63, 3.8) is 0 Å². The lowest BCUT2D eigenvalue weighted by Crippen LogP contribution is -2.18. The van der Waals surface area contributed by atoms with E-state index in [2.05, 4.69) is 25.2 Å². The average Bonchev–Trinajstić information content (AvgIpc) is 3.05. The van der Waals surface area contributed by atoms with Crippen molar-refractivity contribution >= 4 is 27.6 Å². The van der Waals surface area contributed by atoms with Crippen LogP contribution in [0.2, 0.25) is 0 Å². The van der Waals surface area contributed by atoms with Gasteiger partial charge in [0.1, 0.15) is 5.82 Å². The Balaban J connectivity index is 2.15. The summed E-state index contributed by atoms with van der Waals surface area (Å²) in [6.45, 7) is 0. The Morgan fingerprint density at radius 3 is 2.48 bits per heavy atom. The fourth-order valence-electron chi connectivity index (χ4n) is 2.60. The first-order valence-corrected chi connectivity index (χ1v) is 9.39. The minimum absolute atomic E-state index is 0.0788. The van der Waals surface area contributed by atoms with Gasteiger partial charge >= 0.3 is 6.18 Å². The summed E-state index contributed by atoms with van der Waals surface area (Å²) in [6, 6.07) is 6.06. The van der Waals surface area contributed by atoms with Crippen molar-refractivity contribution in [2.45, 2.75) is 11.1 Å². The molecule has 3 aromatic rings. The van der Waals surface area contributed by atoms with Gasteiger partial charge in [0.05, 0.1) is 10.5 Å². The molecule has 1 aromatic heterocycles. The third kappa shape index (κ3) is 4.30. The van der Waals surface area contributed by atoms with Crippen LogP contribution in [0.5, 0.6) is 0 Å². The van der Waals surface area contributed by atoms with E-state index in [-0.39, 0.29) is 28.0 Å². The Labute approximate surface area is 162 Å². The van der Waals surface area contributed by atoms with Crippen molar-refractivity contribution in [2.75, 3.05) is 18.1 Å². The maximum Gasteiger partial charge on any atom is 0.417 e. The average molecular weight is 430 g/mol. The Hall–Kier alpha value is -3.19. The lowest BCUT2D eigenvalue weighted by atomic mass is 9.98. The van der Waals surface area contributed by atoms with E-state index >= 15 is 0 Å². The van der Waals surface area contributed by atoms with Crippen molar-refractivity contribution in [1.29, 1.82) is 0 Å². The van der Waals surface area contributed by atoms with Crippen molar-refractivity contribution in [3.8, 4) is 11.1 Å². The molecule has 8 nitrogen and oxygen atoms in total. The number of anilines is 3. The number of nitrogens with one attached hydrogen (secondary N) is 3. The van der Waals surface area contributed by atoms with Gasteiger partial charge < -0.3 is 11.1 Å². The summed E-state index contributed by atoms with van der Waals surface area (Å²) < 4.78 is 81.7. The molecule has 0 saturated heterocycles. The molecule has 0 aliphatic rings. The summed E-state index contributed by atoms with van der Waals surface area (Å²) >= 11 is 0. The number of alkyl halides is 3. The second-order valence-corrected chi connectivity index (χ2v) is 7.67. The predicted octanol–water partition coefficient (Wildman–Crippen LogP) is 2.86. The van der Waals surface area contributed by atoms with Crippen LogP contribution in [0.15, 0.2) is 41.3 Å². The highest BCUT2D eigenvalue weighted by molar-refractivity contribution is 7.89. The number of hydrogen-bond acceptors (Lipinski definition) is 6. The Morgan fingerprint density at radius 1 is 1.17 bits per heavy atom. The first-order chi connectivity index (χ1) is 13.5. The number of sulfonamides is 1. The van der Waals surface area contributed by atoms with Crippen LogP contribution in [-0.2, 0) is 16.2 Å². The molecule has 2 aromatic carbocycles. The van der Waals surface area contributed by atoms with E-state index in [0.717, 1.165) is 19.2 Å². The monoisotopic (exact) mass is 430 g/mol. The highest BCUT2D eigenvalue weighted by atomic mass is 32.2. The molecule has 0 amide bonds. The number of hydrogen-bond donors (Lipinski definition) is 4. The van der Waals surface area contributed by atoms with Gasteiger partial charge in [0.15, 0.2) is 0 Å². The normalized spacial score (nSPS) is 12.2. The lowest BCUT2D eigenvalue weighted by molar-refractivity contribution is -0.137. The van der Waals surface area contributed by atoms with E-state index < -0.39 is 33.1 Å². The summed E-state index contributed by atoms with van der Waals surface area (Å²) in [5.74, 6) is -1.44. The number of nitrogens with two attached hydrogens (primary N) is 1. The van der Waals surface area contributed by atoms with E-state index in [9.17, 15) is 26.0 Å². The number of H-pyrrole nitrogens is 1. The summed E-state index contributed by atoms with van der Waals surface area (Å²) in [5, 5.41) is 8.29. The molecule has 0 bridgehead atoms. The van der Waals surface area contributed by atoms with Gasteiger partial charge in [-0.1, -0.05) is 12.1 Å². The largest absolute Gasteiger partial charge is 0.417 e. The van der Waals surface area contributed by atoms with Crippen LogP contribution in [-0.4, -0.2) is 30.6 Å². The zero-order chi connectivity index (χ0) is 21.4. The number of aromatic amines is 1. The Bertz CT molecular complexity index is 1160. The third-order valence-corrected chi connectivity index (χ3v) is 5.27. The lowest BCUT2D eigenvalue weighted by Gasteiger charge is -2.17. The molecule has 13 heteroatoms. The van der Waals surface area contributed by atoms with Gasteiger partial charge in [0.25, 0.3) is 0 Å². The molecule has 0 spiro atoms. The van der Waals surface area contributed by atoms with Crippen LogP contribution in [0.1, 0.15) is 5.56 Å². The van der Waals surface area contributed by atoms with Crippen LogP contribution < -0.4 is 15.8 Å². The molecule has 3 rings (SSSR count). The summed E-state index contributed by atoms with van der Waals surface area (Å²) in [5.41, 5.74) is 2.73. The van der Waals surface area contributed by atoms with Gasteiger partial charge in [-0.05, 0) is 36.9 Å². The molecule has 154 valence electrons. The molecule has 0 aliphatic heterocycles. The van der Waals surface area contributed by atoms with E-state index in [1.54, 1.807) is 0 Å². The number of halogens is 4. The molecule has 1 heterocycles. The van der Waals surface area contributed by atoms with Crippen LogP contribution in [0.4, 0.5) is 35.1 Å². The topological polar surface area (TPSA) is 126 Å². The molecule has 0 atom stereocenters. The van der Waals surface area contributed by atoms with Gasteiger partial charge in [-0.25, -0.2) is 22.6 Å². The van der Waals surface area contributed by atoms with Gasteiger partial charge in [0.2, 0.25) is 21.9 Å². The van der Waals surface area contributed by atoms with Gasteiger partial charge in [-0.15, -0.1) is 5.10 Å². The second-order valence-electron chi connectivity index (χ2n) is 5.78. The van der Waals surface area contributed by atoms with E-state index in [4.69, 9.17) is 5.73 Å². The number of nitrogen functional groups attached to an aromatic ring is 1. The summed E-state index contributed by atoms with van der Waals surface area (Å²) in [7, 11) is -2.78. The van der Waals surface area contributed by atoms with Crippen molar-refractivity contribution in [2.24, 2.45) is 0 Å². The SMILES string of the molecule is CNS(=O)(=O)c1cccc(-c2c(F)cc(Nc3nc(N)n[nH]3)cc2C(F)(F)F)c1. The van der Waals surface area contributed by atoms with Gasteiger partial charge in [-0.3, -0.25) is 0 Å². The molecular weight excluding hydrogens is 416 g/mol. The Morgan fingerprint density at radius 2 is 1.90 bits per heavy atom. The van der Waals surface area contributed by atoms with Crippen LogP contribution in [0.3, 0.4) is 0 Å². The van der Waals surface area contributed by atoms with E-state index in [1.165, 1.54) is 18.2 Å². The molecule has 0 unspecified atom stereocenters. The number of nitrogens with zero attached hydrogens (tertiary/aromatic N) is 2. The van der Waals surface area contributed by atoms with Crippen molar-refractivity contribution in [3.05, 3.63) is 47.8 Å². The highest BCUT2D eigenvalue weighted by Gasteiger charge is 2.36. The molecule has 0 fully saturated rings. The highest BCUT2D eigenvalue weighted by Crippen LogP contribution is 2.41. The second kappa shape index (κ2) is 7.33. The Kier molecular flexibility index (Phi) is 5.19. The quantitative estimate of drug-likeness (QED) is 0.461. The molecule has 0 saturated carbocycles. The first kappa shape index (κ1) is 20.5. The maximum absolute atomic E-state index is 14.8. The van der Waals surface area contributed by atoms with E-state index in [1.807, 2.05) is 0 Å². The number of benzene rings is 2. The maximum atomic E-state index is 14.8. The molecule has 5 N–H and O–H groups in total. The van der Waals surface area contributed by atoms with Gasteiger partial charge in [0, 0.05) is 11.3 Å². The standard InChI is InChI=1S/C16H14F4N6O2S/c1-22-29(27,28)10-4-2-3-8(5-10)13-11(16(18,19)20)6-9(7-12(13)17)23-15-24-14(21)25-26-15/h2-7,22H,1H3,(H4,21,23,24,25,26). The zero-order valence-corrected chi connectivity index (χ0v) is 15.5. The summed E-state index contributed by atoms with van der Waals surface area (Å²) in [4.78, 5) is 3.38. The fraction of sp³-hybridized carbons (Fsp3) is 0.125. The van der Waals surface area contributed by atoms with Crippen molar-refractivity contribution < 1.29 is 26.0 Å². The molecular formula is C16H14F4N6O2S. The number of rotatable bonds is 5. The number of aromatic nitrogens is 3. The molecule has 0 radical (unpaired) electrons. The summed E-state index contributed by atoms with van der Waals surface area (Å²) in [6.07, 6.45) is -4.92. The van der Waals surface area contributed by atoms with E-state index in [0.29, 0.717) is 6.07 Å². The van der Waals surface area contributed by atoms with Crippen LogP contribution in [0.25, 0.3) is 11.1 Å². The predicted molar refractivity (Wildman–Crippen MR) is 97.2 cm³/mol. The molecule has 29 heavy (non-hydrogen) atoms. The molecule has 0 aliphatic carbocycles.